The third kappa shape index (κ3) is 2.49. The number of nitrogens with zero attached hydrogens (tertiary/aromatic N) is 3. The van der Waals surface area contributed by atoms with Crippen molar-refractivity contribution in [2.24, 2.45) is 0 Å². The van der Waals surface area contributed by atoms with E-state index in [9.17, 15) is 0 Å². The molecule has 0 spiro atoms. The summed E-state index contributed by atoms with van der Waals surface area (Å²) in [7, 11) is 0. The summed E-state index contributed by atoms with van der Waals surface area (Å²) in [5, 5.41) is 12.2. The van der Waals surface area contributed by atoms with E-state index in [-0.39, 0.29) is 0 Å². The molecule has 1 aromatic heterocycles. The van der Waals surface area contributed by atoms with Crippen LogP contribution in [0, 0.1) is 3.57 Å². The van der Waals surface area contributed by atoms with Gasteiger partial charge < -0.3 is 0 Å². The zero-order valence-corrected chi connectivity index (χ0v) is 12.2. The molecule has 1 heterocycles. The van der Waals surface area contributed by atoms with Gasteiger partial charge in [0.25, 0.3) is 0 Å². The minimum absolute atomic E-state index is 0.870. The lowest BCUT2D eigenvalue weighted by Crippen LogP contribution is -1.99. The molecule has 92 valence electrons. The van der Waals surface area contributed by atoms with Gasteiger partial charge in [-0.05, 0) is 27.8 Å². The molecule has 0 fully saturated rings. The van der Waals surface area contributed by atoms with Crippen LogP contribution in [0.15, 0.2) is 60.7 Å². The van der Waals surface area contributed by atoms with Crippen LogP contribution in [0.2, 0.25) is 0 Å². The highest BCUT2D eigenvalue weighted by Crippen LogP contribution is 2.29. The Morgan fingerprint density at radius 2 is 1.05 bits per heavy atom. The maximum absolute atomic E-state index is 4.17. The Hall–Kier alpha value is -1.82. The largest absolute Gasteiger partial charge is 0.129 e. The smallest absolute Gasteiger partial charge is 0.110 e. The number of benzene rings is 2. The van der Waals surface area contributed by atoms with Gasteiger partial charge in [0.2, 0.25) is 0 Å². The van der Waals surface area contributed by atoms with Crippen LogP contribution in [0.5, 0.6) is 0 Å². The van der Waals surface area contributed by atoms with Gasteiger partial charge in [-0.25, -0.2) is 0 Å². The summed E-state index contributed by atoms with van der Waals surface area (Å²) in [6.07, 6.45) is 0. The minimum atomic E-state index is 0.870. The van der Waals surface area contributed by atoms with Crippen molar-refractivity contribution in [1.29, 1.82) is 0 Å². The van der Waals surface area contributed by atoms with Crippen LogP contribution in [-0.4, -0.2) is 15.4 Å². The van der Waals surface area contributed by atoms with Gasteiger partial charge in [0, 0.05) is 11.1 Å². The van der Waals surface area contributed by atoms with Crippen LogP contribution in [-0.2, 0) is 0 Å². The third-order valence-corrected chi connectivity index (χ3v) is 3.82. The summed E-state index contributed by atoms with van der Waals surface area (Å²) in [5.41, 5.74) is 3.85. The first-order valence-electron chi connectivity index (χ1n) is 5.86. The summed E-state index contributed by atoms with van der Waals surface area (Å²) < 4.78 is 1.02. The van der Waals surface area contributed by atoms with Gasteiger partial charge in [-0.3, -0.25) is 0 Å². The topological polar surface area (TPSA) is 38.7 Å². The summed E-state index contributed by atoms with van der Waals surface area (Å²) in [5.74, 6) is 0. The van der Waals surface area contributed by atoms with Crippen molar-refractivity contribution >= 4 is 22.6 Å². The van der Waals surface area contributed by atoms with Crippen LogP contribution in [0.4, 0.5) is 0 Å². The highest BCUT2D eigenvalue weighted by atomic mass is 127. The van der Waals surface area contributed by atoms with E-state index >= 15 is 0 Å². The first kappa shape index (κ1) is 12.2. The van der Waals surface area contributed by atoms with Crippen molar-refractivity contribution < 1.29 is 0 Å². The predicted molar refractivity (Wildman–Crippen MR) is 83.4 cm³/mol. The van der Waals surface area contributed by atoms with Crippen molar-refractivity contribution in [1.82, 2.24) is 15.4 Å². The van der Waals surface area contributed by atoms with Gasteiger partial charge in [0.05, 0.1) is 3.57 Å². The van der Waals surface area contributed by atoms with E-state index in [4.69, 9.17) is 0 Å². The fraction of sp³-hybridized carbons (Fsp3) is 0. The number of halogens is 1. The van der Waals surface area contributed by atoms with E-state index in [1.165, 1.54) is 0 Å². The van der Waals surface area contributed by atoms with E-state index in [2.05, 4.69) is 38.0 Å². The fourth-order valence-electron chi connectivity index (χ4n) is 1.87. The highest BCUT2D eigenvalue weighted by molar-refractivity contribution is 14.1. The summed E-state index contributed by atoms with van der Waals surface area (Å²) in [4.78, 5) is 0. The molecule has 4 heteroatoms. The van der Waals surface area contributed by atoms with Gasteiger partial charge in [0.15, 0.2) is 0 Å². The van der Waals surface area contributed by atoms with E-state index in [1.807, 2.05) is 60.7 Å². The Labute approximate surface area is 124 Å². The maximum Gasteiger partial charge on any atom is 0.110 e. The molecular formula is C15H10IN3. The number of hydrogen-bond acceptors (Lipinski definition) is 3. The molecular weight excluding hydrogens is 349 g/mol. The Bertz CT molecular complexity index is 627. The molecule has 0 radical (unpaired) electrons. The first-order chi connectivity index (χ1) is 9.36. The van der Waals surface area contributed by atoms with Crippen molar-refractivity contribution in [3.05, 3.63) is 64.2 Å². The van der Waals surface area contributed by atoms with Crippen LogP contribution >= 0.6 is 22.6 Å². The molecule has 0 amide bonds. The molecule has 3 nitrogen and oxygen atoms in total. The van der Waals surface area contributed by atoms with Gasteiger partial charge in [-0.15, -0.1) is 10.2 Å². The van der Waals surface area contributed by atoms with Crippen molar-refractivity contribution in [2.75, 3.05) is 0 Å². The zero-order valence-electron chi connectivity index (χ0n) is 9.99. The predicted octanol–water partition coefficient (Wildman–Crippen LogP) is 3.81. The highest BCUT2D eigenvalue weighted by Gasteiger charge is 2.12. The average Bonchev–Trinajstić information content (AvgIpc) is 2.49. The van der Waals surface area contributed by atoms with Gasteiger partial charge >= 0.3 is 0 Å². The SMILES string of the molecule is Ic1c(-c2ccccc2)nnnc1-c1ccccc1. The molecule has 0 N–H and O–H groups in total. The molecule has 0 saturated carbocycles. The molecule has 3 aromatic rings. The Morgan fingerprint density at radius 3 is 1.47 bits per heavy atom. The normalized spacial score (nSPS) is 10.4. The minimum Gasteiger partial charge on any atom is -0.129 e. The second-order valence-corrected chi connectivity index (χ2v) is 5.11. The molecule has 0 aliphatic carbocycles. The zero-order chi connectivity index (χ0) is 13.1. The number of aromatic nitrogens is 3. The van der Waals surface area contributed by atoms with Gasteiger partial charge in [-0.1, -0.05) is 60.7 Å². The summed E-state index contributed by atoms with van der Waals surface area (Å²) in [6, 6.07) is 20.1. The fourth-order valence-corrected chi connectivity index (χ4v) is 2.71. The van der Waals surface area contributed by atoms with Crippen molar-refractivity contribution in [3.8, 4) is 22.5 Å². The molecule has 19 heavy (non-hydrogen) atoms. The summed E-state index contributed by atoms with van der Waals surface area (Å²) >= 11 is 2.28. The quantitative estimate of drug-likeness (QED) is 0.654. The average molecular weight is 359 g/mol. The molecule has 0 bridgehead atoms. The van der Waals surface area contributed by atoms with E-state index in [0.717, 1.165) is 26.1 Å². The second-order valence-electron chi connectivity index (χ2n) is 4.03. The monoisotopic (exact) mass is 359 g/mol. The standard InChI is InChI=1S/C15H10IN3/c16-13-14(11-7-3-1-4-8-11)17-19-18-15(13)12-9-5-2-6-10-12/h1-10H. The number of hydrogen-bond donors (Lipinski definition) is 0. The van der Waals surface area contributed by atoms with Crippen molar-refractivity contribution in [3.63, 3.8) is 0 Å². The first-order valence-corrected chi connectivity index (χ1v) is 6.94. The van der Waals surface area contributed by atoms with E-state index in [0.29, 0.717) is 0 Å². The van der Waals surface area contributed by atoms with Crippen molar-refractivity contribution in [2.45, 2.75) is 0 Å². The van der Waals surface area contributed by atoms with Crippen LogP contribution in [0.25, 0.3) is 22.5 Å². The maximum atomic E-state index is 4.17. The lowest BCUT2D eigenvalue weighted by molar-refractivity contribution is 0.870. The third-order valence-electron chi connectivity index (χ3n) is 2.80. The van der Waals surface area contributed by atoms with Crippen LogP contribution in [0.3, 0.4) is 0 Å². The molecule has 2 aromatic carbocycles. The Balaban J connectivity index is 2.15. The molecule has 0 aliphatic heterocycles. The van der Waals surface area contributed by atoms with Crippen LogP contribution in [0.1, 0.15) is 0 Å². The van der Waals surface area contributed by atoms with Gasteiger partial charge in [-0.2, -0.15) is 0 Å². The van der Waals surface area contributed by atoms with E-state index < -0.39 is 0 Å². The lowest BCUT2D eigenvalue weighted by atomic mass is 10.1. The molecule has 0 unspecified atom stereocenters. The molecule has 0 saturated heterocycles. The Morgan fingerprint density at radius 1 is 0.632 bits per heavy atom. The molecule has 3 rings (SSSR count). The molecule has 0 atom stereocenters. The molecule has 0 aliphatic rings. The summed E-state index contributed by atoms with van der Waals surface area (Å²) in [6.45, 7) is 0. The van der Waals surface area contributed by atoms with Crippen LogP contribution < -0.4 is 0 Å². The van der Waals surface area contributed by atoms with Gasteiger partial charge in [0.1, 0.15) is 11.4 Å². The second kappa shape index (κ2) is 5.44. The number of rotatable bonds is 2. The lowest BCUT2D eigenvalue weighted by Gasteiger charge is -2.06. The van der Waals surface area contributed by atoms with E-state index in [1.54, 1.807) is 0 Å². The Kier molecular flexibility index (Phi) is 3.50.